The van der Waals surface area contributed by atoms with Crippen LogP contribution in [-0.2, 0) is 14.0 Å². The second-order valence-electron chi connectivity index (χ2n) is 6.71. The van der Waals surface area contributed by atoms with E-state index >= 15 is 0 Å². The molecule has 0 atom stereocenters. The highest BCUT2D eigenvalue weighted by molar-refractivity contribution is 6.62. The summed E-state index contributed by atoms with van der Waals surface area (Å²) >= 11 is 0. The van der Waals surface area contributed by atoms with Crippen LogP contribution >= 0.6 is 0 Å². The molecule has 2 fully saturated rings. The molecule has 1 aromatic carbocycles. The lowest BCUT2D eigenvalue weighted by Gasteiger charge is -2.32. The van der Waals surface area contributed by atoms with Crippen molar-refractivity contribution in [1.29, 1.82) is 0 Å². The van der Waals surface area contributed by atoms with E-state index in [1.165, 1.54) is 5.56 Å². The van der Waals surface area contributed by atoms with Crippen molar-refractivity contribution >= 4 is 18.3 Å². The highest BCUT2D eigenvalue weighted by atomic mass is 16.7. The molecule has 4 nitrogen and oxygen atoms in total. The maximum atomic E-state index is 6.15. The van der Waals surface area contributed by atoms with Crippen molar-refractivity contribution in [2.75, 3.05) is 18.9 Å². The molecule has 1 aromatic rings. The third-order valence-corrected chi connectivity index (χ3v) is 4.70. The van der Waals surface area contributed by atoms with Crippen molar-refractivity contribution in [2.45, 2.75) is 44.8 Å². The summed E-state index contributed by atoms with van der Waals surface area (Å²) in [6.07, 6.45) is 0. The fraction of sp³-hybridized carbons (Fsp3) is 0.600. The molecule has 20 heavy (non-hydrogen) atoms. The Morgan fingerprint density at radius 2 is 1.70 bits per heavy atom. The Morgan fingerprint density at radius 3 is 2.20 bits per heavy atom. The average Bonchev–Trinajstić information content (AvgIpc) is 2.45. The first kappa shape index (κ1) is 13.9. The Morgan fingerprint density at radius 1 is 1.10 bits per heavy atom. The number of hydrogen-bond donors (Lipinski definition) is 1. The fourth-order valence-corrected chi connectivity index (χ4v) is 2.55. The normalized spacial score (nSPS) is 24.7. The van der Waals surface area contributed by atoms with Gasteiger partial charge in [-0.05, 0) is 50.9 Å². The summed E-state index contributed by atoms with van der Waals surface area (Å²) < 4.78 is 17.6. The molecule has 3 rings (SSSR count). The maximum absolute atomic E-state index is 6.15. The van der Waals surface area contributed by atoms with Crippen LogP contribution in [0.15, 0.2) is 18.2 Å². The minimum absolute atomic E-state index is 0.327. The van der Waals surface area contributed by atoms with Crippen LogP contribution < -0.4 is 11.2 Å². The molecule has 0 amide bonds. The smallest absolute Gasteiger partial charge is 0.399 e. The number of nitrogens with two attached hydrogens (primary N) is 1. The second kappa shape index (κ2) is 4.48. The third-order valence-electron chi connectivity index (χ3n) is 4.70. The zero-order valence-electron chi connectivity index (χ0n) is 12.6. The van der Waals surface area contributed by atoms with Gasteiger partial charge in [-0.15, -0.1) is 0 Å². The van der Waals surface area contributed by atoms with Gasteiger partial charge in [-0.2, -0.15) is 0 Å². The molecule has 0 saturated carbocycles. The van der Waals surface area contributed by atoms with Gasteiger partial charge in [0.2, 0.25) is 0 Å². The van der Waals surface area contributed by atoms with Crippen LogP contribution in [0.4, 0.5) is 5.69 Å². The minimum atomic E-state index is -0.337. The lowest BCUT2D eigenvalue weighted by atomic mass is 9.72. The van der Waals surface area contributed by atoms with E-state index in [4.69, 9.17) is 19.8 Å². The van der Waals surface area contributed by atoms with E-state index in [1.807, 2.05) is 18.2 Å². The SMILES string of the molecule is CC1(C)OB(c2ccc(N)cc2C2COC2)OC1(C)C. The highest BCUT2D eigenvalue weighted by Gasteiger charge is 2.52. The number of hydrogen-bond acceptors (Lipinski definition) is 4. The summed E-state index contributed by atoms with van der Waals surface area (Å²) in [7, 11) is -0.337. The van der Waals surface area contributed by atoms with E-state index in [9.17, 15) is 0 Å². The Balaban J connectivity index is 1.95. The molecule has 0 unspecified atom stereocenters. The number of nitrogen functional groups attached to an aromatic ring is 1. The van der Waals surface area contributed by atoms with Gasteiger partial charge in [-0.3, -0.25) is 0 Å². The summed E-state index contributed by atoms with van der Waals surface area (Å²) in [5.74, 6) is 0.396. The van der Waals surface area contributed by atoms with E-state index in [0.29, 0.717) is 5.92 Å². The molecule has 0 bridgehead atoms. The summed E-state index contributed by atoms with van der Waals surface area (Å²) in [4.78, 5) is 0. The maximum Gasteiger partial charge on any atom is 0.495 e. The predicted molar refractivity (Wildman–Crippen MR) is 80.1 cm³/mol. The molecule has 5 heteroatoms. The Hall–Kier alpha value is -1.04. The van der Waals surface area contributed by atoms with Crippen LogP contribution in [0.25, 0.3) is 0 Å². The van der Waals surface area contributed by atoms with Gasteiger partial charge in [0.05, 0.1) is 24.4 Å². The summed E-state index contributed by atoms with van der Waals surface area (Å²) in [6.45, 7) is 9.76. The van der Waals surface area contributed by atoms with Gasteiger partial charge in [-0.1, -0.05) is 6.07 Å². The summed E-state index contributed by atoms with van der Waals surface area (Å²) in [5, 5.41) is 0. The van der Waals surface area contributed by atoms with Crippen LogP contribution in [0.5, 0.6) is 0 Å². The topological polar surface area (TPSA) is 53.7 Å². The summed E-state index contributed by atoms with van der Waals surface area (Å²) in [5.41, 5.74) is 8.31. The van der Waals surface area contributed by atoms with Crippen molar-refractivity contribution < 1.29 is 14.0 Å². The summed E-state index contributed by atoms with van der Waals surface area (Å²) in [6, 6.07) is 5.95. The molecule has 0 spiro atoms. The molecule has 2 heterocycles. The Kier molecular flexibility index (Phi) is 3.12. The molecular weight excluding hydrogens is 253 g/mol. The van der Waals surface area contributed by atoms with Gasteiger partial charge in [-0.25, -0.2) is 0 Å². The van der Waals surface area contributed by atoms with Crippen molar-refractivity contribution in [3.05, 3.63) is 23.8 Å². The molecular formula is C15H22BNO3. The van der Waals surface area contributed by atoms with E-state index < -0.39 is 0 Å². The number of ether oxygens (including phenoxy) is 1. The monoisotopic (exact) mass is 275 g/mol. The molecule has 2 aliphatic heterocycles. The molecule has 2 saturated heterocycles. The van der Waals surface area contributed by atoms with Crippen LogP contribution in [0.1, 0.15) is 39.2 Å². The second-order valence-corrected chi connectivity index (χ2v) is 6.71. The van der Waals surface area contributed by atoms with Crippen molar-refractivity contribution in [3.63, 3.8) is 0 Å². The van der Waals surface area contributed by atoms with Crippen LogP contribution in [0.3, 0.4) is 0 Å². The van der Waals surface area contributed by atoms with E-state index in [0.717, 1.165) is 24.4 Å². The molecule has 0 aliphatic carbocycles. The molecule has 2 aliphatic rings. The van der Waals surface area contributed by atoms with Crippen LogP contribution in [-0.4, -0.2) is 31.5 Å². The zero-order valence-corrected chi connectivity index (χ0v) is 12.6. The lowest BCUT2D eigenvalue weighted by Crippen LogP contribution is -2.41. The van der Waals surface area contributed by atoms with Crippen molar-refractivity contribution in [1.82, 2.24) is 0 Å². The average molecular weight is 275 g/mol. The molecule has 0 aromatic heterocycles. The van der Waals surface area contributed by atoms with Crippen molar-refractivity contribution in [3.8, 4) is 0 Å². The van der Waals surface area contributed by atoms with Crippen LogP contribution in [0, 0.1) is 0 Å². The largest absolute Gasteiger partial charge is 0.495 e. The number of rotatable bonds is 2. The fourth-order valence-electron chi connectivity index (χ4n) is 2.55. The quantitative estimate of drug-likeness (QED) is 0.659. The van der Waals surface area contributed by atoms with Gasteiger partial charge in [0.1, 0.15) is 0 Å². The van der Waals surface area contributed by atoms with E-state index in [1.54, 1.807) is 0 Å². The van der Waals surface area contributed by atoms with Gasteiger partial charge < -0.3 is 19.8 Å². The first-order chi connectivity index (χ1) is 9.30. The first-order valence-corrected chi connectivity index (χ1v) is 7.13. The molecule has 108 valence electrons. The predicted octanol–water partition coefficient (Wildman–Crippen LogP) is 1.68. The zero-order chi connectivity index (χ0) is 14.5. The standard InChI is InChI=1S/C15H22BNO3/c1-14(2)15(3,4)20-16(19-14)13-6-5-11(17)7-12(13)10-8-18-9-10/h5-7,10H,8-9,17H2,1-4H3. The first-order valence-electron chi connectivity index (χ1n) is 7.13. The highest BCUT2D eigenvalue weighted by Crippen LogP contribution is 2.37. The number of anilines is 1. The molecule has 0 radical (unpaired) electrons. The van der Waals surface area contributed by atoms with E-state index in [-0.39, 0.29) is 18.3 Å². The van der Waals surface area contributed by atoms with Crippen LogP contribution in [0.2, 0.25) is 0 Å². The van der Waals surface area contributed by atoms with Gasteiger partial charge in [0.25, 0.3) is 0 Å². The van der Waals surface area contributed by atoms with E-state index in [2.05, 4.69) is 27.7 Å². The van der Waals surface area contributed by atoms with Gasteiger partial charge in [0.15, 0.2) is 0 Å². The minimum Gasteiger partial charge on any atom is -0.399 e. The molecule has 2 N–H and O–H groups in total. The van der Waals surface area contributed by atoms with Crippen molar-refractivity contribution in [2.24, 2.45) is 0 Å². The Labute approximate surface area is 120 Å². The number of benzene rings is 1. The third kappa shape index (κ3) is 2.14. The van der Waals surface area contributed by atoms with Gasteiger partial charge in [0, 0.05) is 11.6 Å². The lowest BCUT2D eigenvalue weighted by molar-refractivity contribution is 0.00578. The Bertz CT molecular complexity index is 510. The van der Waals surface area contributed by atoms with Gasteiger partial charge >= 0.3 is 7.12 Å².